The lowest BCUT2D eigenvalue weighted by molar-refractivity contribution is 0.0573. The second kappa shape index (κ2) is 7.04. The predicted octanol–water partition coefficient (Wildman–Crippen LogP) is 3.60. The van der Waals surface area contributed by atoms with Gasteiger partial charge in [0.25, 0.3) is 0 Å². The van der Waals surface area contributed by atoms with Crippen LogP contribution in [-0.4, -0.2) is 29.9 Å². The first kappa shape index (κ1) is 15.9. The van der Waals surface area contributed by atoms with Gasteiger partial charge in [-0.3, -0.25) is 0 Å². The van der Waals surface area contributed by atoms with Gasteiger partial charge in [0.1, 0.15) is 0 Å². The molecule has 1 aliphatic heterocycles. The van der Waals surface area contributed by atoms with Gasteiger partial charge in [-0.25, -0.2) is 4.79 Å². The number of hydrogen-bond acceptors (Lipinski definition) is 2. The van der Waals surface area contributed by atoms with E-state index in [2.05, 4.69) is 41.3 Å². The molecule has 2 amide bonds. The average Bonchev–Trinajstić information content (AvgIpc) is 2.97. The van der Waals surface area contributed by atoms with Crippen LogP contribution in [0.4, 0.5) is 10.5 Å². The molecule has 23 heavy (non-hydrogen) atoms. The number of urea groups is 1. The van der Waals surface area contributed by atoms with Crippen molar-refractivity contribution >= 4 is 22.6 Å². The molecule has 1 fully saturated rings. The molecule has 1 aromatic heterocycles. The van der Waals surface area contributed by atoms with Crippen LogP contribution in [0.5, 0.6) is 0 Å². The quantitative estimate of drug-likeness (QED) is 0.906. The topological polar surface area (TPSA) is 55.3 Å². The summed E-state index contributed by atoms with van der Waals surface area (Å²) in [5.41, 5.74) is 1.96. The Bertz CT molecular complexity index is 674. The third kappa shape index (κ3) is 3.67. The van der Waals surface area contributed by atoms with Crippen molar-refractivity contribution in [1.29, 1.82) is 0 Å². The van der Waals surface area contributed by atoms with E-state index < -0.39 is 0 Å². The lowest BCUT2D eigenvalue weighted by atomic mass is 9.93. The number of carbonyl (C=O) groups is 1. The summed E-state index contributed by atoms with van der Waals surface area (Å²) in [6.45, 7) is 6.69. The maximum atomic E-state index is 12.2. The van der Waals surface area contributed by atoms with Crippen LogP contribution >= 0.6 is 0 Å². The van der Waals surface area contributed by atoms with Crippen molar-refractivity contribution in [3.8, 4) is 0 Å². The van der Waals surface area contributed by atoms with E-state index in [9.17, 15) is 4.79 Å². The van der Waals surface area contributed by atoms with Gasteiger partial charge in [-0.2, -0.15) is 0 Å². The van der Waals surface area contributed by atoms with Crippen LogP contribution in [0.15, 0.2) is 30.5 Å². The zero-order valence-electron chi connectivity index (χ0n) is 13.8. The molecule has 0 spiro atoms. The molecule has 1 aromatic carbocycles. The van der Waals surface area contributed by atoms with E-state index in [1.807, 2.05) is 18.2 Å². The first-order valence-corrected chi connectivity index (χ1v) is 8.41. The van der Waals surface area contributed by atoms with Crippen molar-refractivity contribution in [1.82, 2.24) is 9.88 Å². The number of hydrogen-bond donors (Lipinski definition) is 2. The first-order chi connectivity index (χ1) is 11.2. The molecule has 0 saturated carbocycles. The highest BCUT2D eigenvalue weighted by Gasteiger charge is 2.21. The van der Waals surface area contributed by atoms with E-state index in [-0.39, 0.29) is 12.1 Å². The fourth-order valence-corrected chi connectivity index (χ4v) is 3.25. The smallest absolute Gasteiger partial charge is 0.319 e. The number of aromatic nitrogens is 1. The number of amides is 2. The normalized spacial score (nSPS) is 17.1. The highest BCUT2D eigenvalue weighted by Crippen LogP contribution is 2.21. The van der Waals surface area contributed by atoms with E-state index in [0.717, 1.165) is 43.8 Å². The lowest BCUT2D eigenvalue weighted by Crippen LogP contribution is -2.42. The van der Waals surface area contributed by atoms with Crippen LogP contribution in [0, 0.1) is 5.92 Å². The van der Waals surface area contributed by atoms with Gasteiger partial charge in [0, 0.05) is 37.7 Å². The maximum Gasteiger partial charge on any atom is 0.319 e. The van der Waals surface area contributed by atoms with E-state index in [1.54, 1.807) is 0 Å². The zero-order chi connectivity index (χ0) is 16.2. The lowest BCUT2D eigenvalue weighted by Gasteiger charge is -2.28. The number of nitrogens with one attached hydrogen (secondary N) is 2. The van der Waals surface area contributed by atoms with Gasteiger partial charge in [0.2, 0.25) is 0 Å². The minimum absolute atomic E-state index is 0.141. The molecule has 0 aliphatic carbocycles. The Kier molecular flexibility index (Phi) is 4.86. The van der Waals surface area contributed by atoms with Crippen molar-refractivity contribution in [3.63, 3.8) is 0 Å². The Hall–Kier alpha value is -2.01. The summed E-state index contributed by atoms with van der Waals surface area (Å²) in [5.74, 6) is 0.495. The summed E-state index contributed by atoms with van der Waals surface area (Å²) in [4.78, 5) is 12.2. The molecular weight excluding hydrogens is 290 g/mol. The first-order valence-electron chi connectivity index (χ1n) is 8.41. The van der Waals surface area contributed by atoms with Crippen LogP contribution in [0.1, 0.15) is 26.7 Å². The van der Waals surface area contributed by atoms with E-state index in [1.165, 1.54) is 5.39 Å². The van der Waals surface area contributed by atoms with Crippen molar-refractivity contribution in [2.24, 2.45) is 5.92 Å². The molecular formula is C18H25N3O2. The molecule has 3 rings (SSSR count). The summed E-state index contributed by atoms with van der Waals surface area (Å²) in [7, 11) is 0. The third-order valence-electron chi connectivity index (χ3n) is 4.70. The number of rotatable bonds is 4. The second-order valence-corrected chi connectivity index (χ2v) is 6.21. The van der Waals surface area contributed by atoms with E-state index in [0.29, 0.717) is 5.92 Å². The van der Waals surface area contributed by atoms with E-state index in [4.69, 9.17) is 4.74 Å². The molecule has 1 atom stereocenters. The Morgan fingerprint density at radius 2 is 2.13 bits per heavy atom. The Morgan fingerprint density at radius 1 is 1.35 bits per heavy atom. The molecule has 1 aliphatic rings. The standard InChI is InChI=1S/C18H25N3O2/c1-3-21-9-6-15-4-5-16(12-17(15)21)20-18(22)19-13(2)14-7-10-23-11-8-14/h4-6,9,12-14H,3,7-8,10-11H2,1-2H3,(H2,19,20,22)/t13-/m1/s1. The second-order valence-electron chi connectivity index (χ2n) is 6.21. The number of benzene rings is 1. The maximum absolute atomic E-state index is 12.2. The third-order valence-corrected chi connectivity index (χ3v) is 4.70. The predicted molar refractivity (Wildman–Crippen MR) is 92.8 cm³/mol. The molecule has 5 heteroatoms. The van der Waals surface area contributed by atoms with Gasteiger partial charge in [0.05, 0.1) is 5.52 Å². The van der Waals surface area contributed by atoms with Gasteiger partial charge >= 0.3 is 6.03 Å². The number of aryl methyl sites for hydroxylation is 1. The Labute approximate surface area is 137 Å². The number of nitrogens with zero attached hydrogens (tertiary/aromatic N) is 1. The van der Waals surface area contributed by atoms with Crippen LogP contribution in [0.3, 0.4) is 0 Å². The summed E-state index contributed by atoms with van der Waals surface area (Å²) in [6, 6.07) is 8.12. The number of anilines is 1. The van der Waals surface area contributed by atoms with Crippen LogP contribution in [-0.2, 0) is 11.3 Å². The SMILES string of the molecule is CCn1ccc2ccc(NC(=O)N[C@H](C)C3CCOCC3)cc21. The summed E-state index contributed by atoms with van der Waals surface area (Å²) >= 11 is 0. The van der Waals surface area contributed by atoms with Crippen molar-refractivity contribution in [3.05, 3.63) is 30.5 Å². The number of ether oxygens (including phenoxy) is 1. The fourth-order valence-electron chi connectivity index (χ4n) is 3.25. The fraction of sp³-hybridized carbons (Fsp3) is 0.500. The molecule has 1 saturated heterocycles. The summed E-state index contributed by atoms with van der Waals surface area (Å²) < 4.78 is 7.54. The van der Waals surface area contributed by atoms with E-state index >= 15 is 0 Å². The molecule has 0 bridgehead atoms. The van der Waals surface area contributed by atoms with Gasteiger partial charge < -0.3 is 19.9 Å². The molecule has 5 nitrogen and oxygen atoms in total. The van der Waals surface area contributed by atoms with Gasteiger partial charge in [-0.05, 0) is 56.2 Å². The number of fused-ring (bicyclic) bond motifs is 1. The summed E-state index contributed by atoms with van der Waals surface area (Å²) in [6.07, 6.45) is 4.09. The van der Waals surface area contributed by atoms with Crippen LogP contribution in [0.2, 0.25) is 0 Å². The van der Waals surface area contributed by atoms with Gasteiger partial charge in [0.15, 0.2) is 0 Å². The molecule has 0 radical (unpaired) electrons. The zero-order valence-corrected chi connectivity index (χ0v) is 13.8. The van der Waals surface area contributed by atoms with Crippen molar-refractivity contribution in [2.45, 2.75) is 39.3 Å². The largest absolute Gasteiger partial charge is 0.381 e. The minimum atomic E-state index is -0.141. The monoisotopic (exact) mass is 315 g/mol. The molecule has 2 N–H and O–H groups in total. The average molecular weight is 315 g/mol. The molecule has 0 unspecified atom stereocenters. The number of carbonyl (C=O) groups excluding carboxylic acids is 1. The van der Waals surface area contributed by atoms with Crippen molar-refractivity contribution in [2.75, 3.05) is 18.5 Å². The highest BCUT2D eigenvalue weighted by molar-refractivity contribution is 5.93. The van der Waals surface area contributed by atoms with Gasteiger partial charge in [-0.15, -0.1) is 0 Å². The molecule has 2 aromatic rings. The Morgan fingerprint density at radius 3 is 2.87 bits per heavy atom. The molecule has 2 heterocycles. The summed E-state index contributed by atoms with van der Waals surface area (Å²) in [5, 5.41) is 7.20. The van der Waals surface area contributed by atoms with Gasteiger partial charge in [-0.1, -0.05) is 6.07 Å². The van der Waals surface area contributed by atoms with Crippen molar-refractivity contribution < 1.29 is 9.53 Å². The Balaban J connectivity index is 1.62. The highest BCUT2D eigenvalue weighted by atomic mass is 16.5. The van der Waals surface area contributed by atoms with Crippen LogP contribution < -0.4 is 10.6 Å². The molecule has 124 valence electrons. The minimum Gasteiger partial charge on any atom is -0.381 e. The van der Waals surface area contributed by atoms with Crippen LogP contribution in [0.25, 0.3) is 10.9 Å².